The van der Waals surface area contributed by atoms with E-state index in [2.05, 4.69) is 31.4 Å². The zero-order valence-electron chi connectivity index (χ0n) is 11.1. The summed E-state index contributed by atoms with van der Waals surface area (Å²) in [6.45, 7) is 9.15. The molecular formula is C13H28N2O. The van der Waals surface area contributed by atoms with Crippen LogP contribution < -0.4 is 10.6 Å². The highest BCUT2D eigenvalue weighted by atomic mass is 16.1. The molecule has 0 saturated heterocycles. The molecule has 0 aliphatic carbocycles. The van der Waals surface area contributed by atoms with E-state index < -0.39 is 0 Å². The molecule has 16 heavy (non-hydrogen) atoms. The van der Waals surface area contributed by atoms with Crippen LogP contribution in [0.4, 0.5) is 0 Å². The lowest BCUT2D eigenvalue weighted by molar-refractivity contribution is -0.125. The molecule has 1 amide bonds. The first-order valence-electron chi connectivity index (χ1n) is 6.74. The van der Waals surface area contributed by atoms with Crippen molar-refractivity contribution in [2.45, 2.75) is 52.9 Å². The first-order valence-corrected chi connectivity index (χ1v) is 6.74. The van der Waals surface area contributed by atoms with Gasteiger partial charge < -0.3 is 10.6 Å². The number of carbonyl (C=O) groups excluding carboxylic acids is 1. The fourth-order valence-corrected chi connectivity index (χ4v) is 1.72. The zero-order valence-corrected chi connectivity index (χ0v) is 11.1. The van der Waals surface area contributed by atoms with Crippen molar-refractivity contribution < 1.29 is 4.79 Å². The van der Waals surface area contributed by atoms with E-state index in [0.717, 1.165) is 45.3 Å². The van der Waals surface area contributed by atoms with Gasteiger partial charge in [-0.3, -0.25) is 4.79 Å². The Hall–Kier alpha value is -0.570. The minimum atomic E-state index is 0.221. The zero-order chi connectivity index (χ0) is 12.2. The Morgan fingerprint density at radius 2 is 1.88 bits per heavy atom. The Morgan fingerprint density at radius 3 is 2.44 bits per heavy atom. The number of carbonyl (C=O) groups is 1. The molecule has 0 saturated carbocycles. The molecule has 0 bridgehead atoms. The van der Waals surface area contributed by atoms with Gasteiger partial charge in [0.2, 0.25) is 5.91 Å². The molecule has 0 aromatic carbocycles. The van der Waals surface area contributed by atoms with Gasteiger partial charge in [0.1, 0.15) is 0 Å². The van der Waals surface area contributed by atoms with Gasteiger partial charge in [-0.1, -0.05) is 33.6 Å². The van der Waals surface area contributed by atoms with Crippen molar-refractivity contribution in [2.24, 2.45) is 5.92 Å². The van der Waals surface area contributed by atoms with Crippen molar-refractivity contribution >= 4 is 5.91 Å². The fraction of sp³-hybridized carbons (Fsp3) is 0.923. The Morgan fingerprint density at radius 1 is 1.12 bits per heavy atom. The third-order valence-electron chi connectivity index (χ3n) is 2.85. The Labute approximate surface area is 100 Å². The molecule has 0 spiro atoms. The largest absolute Gasteiger partial charge is 0.356 e. The van der Waals surface area contributed by atoms with Crippen LogP contribution >= 0.6 is 0 Å². The van der Waals surface area contributed by atoms with Crippen LogP contribution in [0.25, 0.3) is 0 Å². The van der Waals surface area contributed by atoms with Crippen LogP contribution in [0.2, 0.25) is 0 Å². The Kier molecular flexibility index (Phi) is 10.5. The molecule has 2 N–H and O–H groups in total. The van der Waals surface area contributed by atoms with Gasteiger partial charge in [0, 0.05) is 12.5 Å². The third-order valence-corrected chi connectivity index (χ3v) is 2.85. The molecule has 0 aromatic rings. The van der Waals surface area contributed by atoms with Crippen LogP contribution in [0.3, 0.4) is 0 Å². The van der Waals surface area contributed by atoms with Gasteiger partial charge in [0.05, 0.1) is 0 Å². The monoisotopic (exact) mass is 228 g/mol. The van der Waals surface area contributed by atoms with Crippen molar-refractivity contribution in [3.63, 3.8) is 0 Å². The lowest BCUT2D eigenvalue weighted by Gasteiger charge is -2.14. The molecule has 0 heterocycles. The Balaban J connectivity index is 3.58. The van der Waals surface area contributed by atoms with E-state index in [1.54, 1.807) is 0 Å². The molecule has 96 valence electrons. The molecular weight excluding hydrogens is 200 g/mol. The Bertz CT molecular complexity index is 171. The van der Waals surface area contributed by atoms with E-state index in [1.807, 2.05) is 0 Å². The van der Waals surface area contributed by atoms with Gasteiger partial charge in [-0.15, -0.1) is 0 Å². The molecule has 0 aromatic heterocycles. The summed E-state index contributed by atoms with van der Waals surface area (Å²) in [6, 6.07) is 0. The summed E-state index contributed by atoms with van der Waals surface area (Å²) in [5, 5.41) is 6.27. The van der Waals surface area contributed by atoms with E-state index in [1.165, 1.54) is 6.42 Å². The fourth-order valence-electron chi connectivity index (χ4n) is 1.72. The van der Waals surface area contributed by atoms with Crippen molar-refractivity contribution in [3.8, 4) is 0 Å². The van der Waals surface area contributed by atoms with Gasteiger partial charge in [-0.2, -0.15) is 0 Å². The minimum absolute atomic E-state index is 0.221. The van der Waals surface area contributed by atoms with Gasteiger partial charge in [0.15, 0.2) is 0 Å². The van der Waals surface area contributed by atoms with E-state index in [0.29, 0.717) is 0 Å². The van der Waals surface area contributed by atoms with Crippen molar-refractivity contribution in [3.05, 3.63) is 0 Å². The molecule has 1 atom stereocenters. The average Bonchev–Trinajstić information content (AvgIpc) is 2.30. The van der Waals surface area contributed by atoms with Crippen LogP contribution in [0, 0.1) is 5.92 Å². The number of hydrogen-bond acceptors (Lipinski definition) is 2. The van der Waals surface area contributed by atoms with Gasteiger partial charge in [0.25, 0.3) is 0 Å². The van der Waals surface area contributed by atoms with E-state index in [-0.39, 0.29) is 11.8 Å². The van der Waals surface area contributed by atoms with Gasteiger partial charge in [-0.05, 0) is 32.4 Å². The molecule has 3 nitrogen and oxygen atoms in total. The van der Waals surface area contributed by atoms with Crippen LogP contribution in [0.15, 0.2) is 0 Å². The maximum Gasteiger partial charge on any atom is 0.223 e. The second kappa shape index (κ2) is 10.9. The highest BCUT2D eigenvalue weighted by molar-refractivity contribution is 5.78. The van der Waals surface area contributed by atoms with Crippen LogP contribution in [0.1, 0.15) is 52.9 Å². The van der Waals surface area contributed by atoms with Crippen LogP contribution in [-0.2, 0) is 4.79 Å². The quantitative estimate of drug-likeness (QED) is 0.563. The summed E-state index contributed by atoms with van der Waals surface area (Å²) in [5.41, 5.74) is 0. The minimum Gasteiger partial charge on any atom is -0.356 e. The van der Waals surface area contributed by atoms with E-state index >= 15 is 0 Å². The SMILES string of the molecule is CCCCC(CC)C(=O)NCCCNCC. The summed E-state index contributed by atoms with van der Waals surface area (Å²) in [7, 11) is 0. The molecule has 1 unspecified atom stereocenters. The predicted octanol–water partition coefficient (Wildman–Crippen LogP) is 2.32. The predicted molar refractivity (Wildman–Crippen MR) is 69.5 cm³/mol. The first-order chi connectivity index (χ1) is 7.76. The standard InChI is InChI=1S/C13H28N2O/c1-4-7-9-12(5-2)13(16)15-11-8-10-14-6-3/h12,14H,4-11H2,1-3H3,(H,15,16). The number of nitrogens with one attached hydrogen (secondary N) is 2. The number of unbranched alkanes of at least 4 members (excludes halogenated alkanes) is 1. The van der Waals surface area contributed by atoms with Gasteiger partial charge in [-0.25, -0.2) is 0 Å². The first kappa shape index (κ1) is 15.4. The summed E-state index contributed by atoms with van der Waals surface area (Å²) in [5.74, 6) is 0.464. The number of amides is 1. The summed E-state index contributed by atoms with van der Waals surface area (Å²) in [6.07, 6.45) is 5.34. The highest BCUT2D eigenvalue weighted by Crippen LogP contribution is 2.12. The van der Waals surface area contributed by atoms with Crippen molar-refractivity contribution in [2.75, 3.05) is 19.6 Å². The van der Waals surface area contributed by atoms with E-state index in [4.69, 9.17) is 0 Å². The molecule has 0 aliphatic heterocycles. The molecule has 0 radical (unpaired) electrons. The maximum atomic E-state index is 11.8. The maximum absolute atomic E-state index is 11.8. The normalized spacial score (nSPS) is 12.4. The second-order valence-electron chi connectivity index (χ2n) is 4.25. The second-order valence-corrected chi connectivity index (χ2v) is 4.25. The number of hydrogen-bond donors (Lipinski definition) is 2. The van der Waals surface area contributed by atoms with Crippen molar-refractivity contribution in [1.29, 1.82) is 0 Å². The lowest BCUT2D eigenvalue weighted by atomic mass is 9.98. The lowest BCUT2D eigenvalue weighted by Crippen LogP contribution is -2.32. The smallest absolute Gasteiger partial charge is 0.223 e. The van der Waals surface area contributed by atoms with Crippen molar-refractivity contribution in [1.82, 2.24) is 10.6 Å². The topological polar surface area (TPSA) is 41.1 Å². The summed E-state index contributed by atoms with van der Waals surface area (Å²) in [4.78, 5) is 11.8. The molecule has 0 rings (SSSR count). The summed E-state index contributed by atoms with van der Waals surface area (Å²) >= 11 is 0. The molecule has 0 aliphatic rings. The average molecular weight is 228 g/mol. The van der Waals surface area contributed by atoms with E-state index in [9.17, 15) is 4.79 Å². The third kappa shape index (κ3) is 7.69. The van der Waals surface area contributed by atoms with Crippen LogP contribution in [0.5, 0.6) is 0 Å². The number of rotatable bonds is 10. The summed E-state index contributed by atoms with van der Waals surface area (Å²) < 4.78 is 0. The van der Waals surface area contributed by atoms with Crippen LogP contribution in [-0.4, -0.2) is 25.5 Å². The van der Waals surface area contributed by atoms with Gasteiger partial charge >= 0.3 is 0 Å². The highest BCUT2D eigenvalue weighted by Gasteiger charge is 2.14. The molecule has 0 fully saturated rings. The molecule has 3 heteroatoms.